The molecule has 20 heavy (non-hydrogen) atoms. The first-order valence-electron chi connectivity index (χ1n) is 6.94. The van der Waals surface area contributed by atoms with Crippen molar-refractivity contribution >= 4 is 0 Å². The van der Waals surface area contributed by atoms with Gasteiger partial charge in [0.15, 0.2) is 0 Å². The zero-order chi connectivity index (χ0) is 14.8. The van der Waals surface area contributed by atoms with E-state index in [4.69, 9.17) is 0 Å². The third-order valence-electron chi connectivity index (χ3n) is 3.83. The largest absolute Gasteiger partial charge is 0.416 e. The Bertz CT molecular complexity index is 443. The van der Waals surface area contributed by atoms with E-state index in [0.29, 0.717) is 11.5 Å². The van der Waals surface area contributed by atoms with E-state index in [9.17, 15) is 18.3 Å². The number of benzene rings is 1. The maximum atomic E-state index is 12.6. The molecule has 2 rings (SSSR count). The Hall–Kier alpha value is -1.07. The van der Waals surface area contributed by atoms with Crippen LogP contribution in [0.5, 0.6) is 0 Å². The average Bonchev–Trinajstić information content (AvgIpc) is 3.22. The first kappa shape index (κ1) is 15.3. The maximum absolute atomic E-state index is 12.6. The number of aliphatic hydroxyl groups excluding tert-OH is 1. The van der Waals surface area contributed by atoms with Crippen LogP contribution >= 0.6 is 0 Å². The number of hydrogen-bond donors (Lipinski definition) is 2. The number of rotatable bonds is 6. The van der Waals surface area contributed by atoms with Crippen molar-refractivity contribution in [3.8, 4) is 0 Å². The number of aliphatic hydroxyl groups is 1. The summed E-state index contributed by atoms with van der Waals surface area (Å²) in [5.41, 5.74) is -0.424. The Labute approximate surface area is 117 Å². The Morgan fingerprint density at radius 2 is 2.00 bits per heavy atom. The van der Waals surface area contributed by atoms with Crippen LogP contribution in [0.3, 0.4) is 0 Å². The van der Waals surface area contributed by atoms with Crippen LogP contribution in [-0.4, -0.2) is 18.2 Å². The zero-order valence-corrected chi connectivity index (χ0v) is 11.5. The molecule has 2 unspecified atom stereocenters. The molecule has 0 radical (unpaired) electrons. The highest BCUT2D eigenvalue weighted by Crippen LogP contribution is 2.36. The number of alkyl halides is 3. The van der Waals surface area contributed by atoms with E-state index in [1.54, 1.807) is 0 Å². The van der Waals surface area contributed by atoms with E-state index in [2.05, 4.69) is 12.2 Å². The van der Waals surface area contributed by atoms with Crippen LogP contribution in [0.1, 0.15) is 37.0 Å². The lowest BCUT2D eigenvalue weighted by Gasteiger charge is -2.16. The molecule has 1 fully saturated rings. The molecule has 2 N–H and O–H groups in total. The monoisotopic (exact) mass is 287 g/mol. The van der Waals surface area contributed by atoms with Crippen molar-refractivity contribution in [3.05, 3.63) is 35.4 Å². The fourth-order valence-electron chi connectivity index (χ4n) is 2.32. The Morgan fingerprint density at radius 3 is 2.60 bits per heavy atom. The molecule has 1 saturated carbocycles. The Balaban J connectivity index is 1.86. The summed E-state index contributed by atoms with van der Waals surface area (Å²) in [6, 6.07) is 4.87. The minimum atomic E-state index is -4.37. The molecular formula is C15H20F3NO. The summed E-state index contributed by atoms with van der Waals surface area (Å²) in [7, 11) is 0. The standard InChI is InChI=1S/C15H20F3NO/c1-10(11-5-6-11)8-19-9-14(20)12-3-2-4-13(7-12)15(16,17)18/h2-4,7,10-11,14,19-20H,5-6,8-9H2,1H3. The molecule has 0 spiro atoms. The molecule has 1 aliphatic rings. The highest BCUT2D eigenvalue weighted by molar-refractivity contribution is 5.27. The van der Waals surface area contributed by atoms with Gasteiger partial charge in [0.25, 0.3) is 0 Å². The van der Waals surface area contributed by atoms with Gasteiger partial charge in [-0.3, -0.25) is 0 Å². The van der Waals surface area contributed by atoms with E-state index >= 15 is 0 Å². The first-order valence-corrected chi connectivity index (χ1v) is 6.94. The van der Waals surface area contributed by atoms with Crippen molar-refractivity contribution in [3.63, 3.8) is 0 Å². The summed E-state index contributed by atoms with van der Waals surface area (Å²) in [5.74, 6) is 1.33. The van der Waals surface area contributed by atoms with Gasteiger partial charge in [0.2, 0.25) is 0 Å². The molecule has 2 nitrogen and oxygen atoms in total. The quantitative estimate of drug-likeness (QED) is 0.840. The van der Waals surface area contributed by atoms with Gasteiger partial charge in [-0.2, -0.15) is 13.2 Å². The second-order valence-electron chi connectivity index (χ2n) is 5.61. The topological polar surface area (TPSA) is 32.3 Å². The molecular weight excluding hydrogens is 267 g/mol. The van der Waals surface area contributed by atoms with Crippen molar-refractivity contribution < 1.29 is 18.3 Å². The smallest absolute Gasteiger partial charge is 0.387 e. The molecule has 0 amide bonds. The Morgan fingerprint density at radius 1 is 1.30 bits per heavy atom. The van der Waals surface area contributed by atoms with Crippen LogP contribution < -0.4 is 5.32 Å². The van der Waals surface area contributed by atoms with Crippen LogP contribution in [0, 0.1) is 11.8 Å². The Kier molecular flexibility index (Phi) is 4.70. The minimum Gasteiger partial charge on any atom is -0.387 e. The summed E-state index contributed by atoms with van der Waals surface area (Å²) in [6.07, 6.45) is -2.76. The van der Waals surface area contributed by atoms with Gasteiger partial charge in [0.05, 0.1) is 11.7 Å². The number of hydrogen-bond acceptors (Lipinski definition) is 2. The molecule has 1 aromatic rings. The molecule has 1 aromatic carbocycles. The lowest BCUT2D eigenvalue weighted by Crippen LogP contribution is -2.27. The highest BCUT2D eigenvalue weighted by atomic mass is 19.4. The van der Waals surface area contributed by atoms with Gasteiger partial charge in [0, 0.05) is 6.54 Å². The SMILES string of the molecule is CC(CNCC(O)c1cccc(C(F)(F)F)c1)C1CC1. The molecule has 1 aliphatic carbocycles. The molecule has 0 saturated heterocycles. The van der Waals surface area contributed by atoms with E-state index in [1.807, 2.05) is 0 Å². The number of halogens is 3. The molecule has 2 atom stereocenters. The minimum absolute atomic E-state index is 0.276. The van der Waals surface area contributed by atoms with Crippen LogP contribution in [0.2, 0.25) is 0 Å². The van der Waals surface area contributed by atoms with Crippen molar-refractivity contribution in [1.29, 1.82) is 0 Å². The van der Waals surface area contributed by atoms with Crippen molar-refractivity contribution in [2.45, 2.75) is 32.0 Å². The van der Waals surface area contributed by atoms with E-state index in [1.165, 1.54) is 25.0 Å². The predicted molar refractivity (Wildman–Crippen MR) is 71.2 cm³/mol. The van der Waals surface area contributed by atoms with Crippen molar-refractivity contribution in [2.24, 2.45) is 11.8 Å². The first-order chi connectivity index (χ1) is 9.38. The van der Waals surface area contributed by atoms with E-state index < -0.39 is 17.8 Å². The van der Waals surface area contributed by atoms with Crippen LogP contribution in [0.15, 0.2) is 24.3 Å². The van der Waals surface area contributed by atoms with Gasteiger partial charge in [0.1, 0.15) is 0 Å². The van der Waals surface area contributed by atoms with Gasteiger partial charge < -0.3 is 10.4 Å². The summed E-state index contributed by atoms with van der Waals surface area (Å²) in [6.45, 7) is 3.22. The maximum Gasteiger partial charge on any atom is 0.416 e. The van der Waals surface area contributed by atoms with Gasteiger partial charge in [-0.1, -0.05) is 19.1 Å². The van der Waals surface area contributed by atoms with Gasteiger partial charge in [-0.05, 0) is 48.9 Å². The molecule has 0 heterocycles. The molecule has 112 valence electrons. The second kappa shape index (κ2) is 6.14. The average molecular weight is 287 g/mol. The van der Waals surface area contributed by atoms with Crippen LogP contribution in [0.25, 0.3) is 0 Å². The van der Waals surface area contributed by atoms with E-state index in [0.717, 1.165) is 24.6 Å². The number of nitrogens with one attached hydrogen (secondary N) is 1. The molecule has 0 aromatic heterocycles. The molecule has 5 heteroatoms. The predicted octanol–water partition coefficient (Wildman–Crippen LogP) is 3.37. The fourth-order valence-corrected chi connectivity index (χ4v) is 2.32. The van der Waals surface area contributed by atoms with Gasteiger partial charge >= 0.3 is 6.18 Å². The molecule has 0 aliphatic heterocycles. The summed E-state index contributed by atoms with van der Waals surface area (Å²) >= 11 is 0. The lowest BCUT2D eigenvalue weighted by molar-refractivity contribution is -0.137. The van der Waals surface area contributed by atoms with Crippen LogP contribution in [-0.2, 0) is 6.18 Å². The summed E-state index contributed by atoms with van der Waals surface area (Å²) < 4.78 is 37.8. The van der Waals surface area contributed by atoms with Gasteiger partial charge in [-0.25, -0.2) is 0 Å². The third-order valence-corrected chi connectivity index (χ3v) is 3.83. The fraction of sp³-hybridized carbons (Fsp3) is 0.600. The normalized spacial score (nSPS) is 18.9. The van der Waals surface area contributed by atoms with Gasteiger partial charge in [-0.15, -0.1) is 0 Å². The lowest BCUT2D eigenvalue weighted by atomic mass is 10.0. The van der Waals surface area contributed by atoms with Crippen molar-refractivity contribution in [2.75, 3.05) is 13.1 Å². The zero-order valence-electron chi connectivity index (χ0n) is 11.5. The molecule has 0 bridgehead atoms. The second-order valence-corrected chi connectivity index (χ2v) is 5.61. The highest BCUT2D eigenvalue weighted by Gasteiger charge is 2.31. The van der Waals surface area contributed by atoms with Crippen LogP contribution in [0.4, 0.5) is 13.2 Å². The third kappa shape index (κ3) is 4.21. The van der Waals surface area contributed by atoms with E-state index in [-0.39, 0.29) is 6.54 Å². The summed E-state index contributed by atoms with van der Waals surface area (Å²) in [4.78, 5) is 0. The summed E-state index contributed by atoms with van der Waals surface area (Å²) in [5, 5.41) is 13.1. The van der Waals surface area contributed by atoms with Crippen molar-refractivity contribution in [1.82, 2.24) is 5.32 Å².